The highest BCUT2D eigenvalue weighted by atomic mass is 35.5. The van der Waals surface area contributed by atoms with E-state index in [0.717, 1.165) is 30.0 Å². The summed E-state index contributed by atoms with van der Waals surface area (Å²) >= 11 is 8.25. The van der Waals surface area contributed by atoms with Crippen LogP contribution in [0.2, 0.25) is 5.02 Å². The smallest absolute Gasteiger partial charge is 0.324 e. The van der Waals surface area contributed by atoms with Crippen molar-refractivity contribution in [3.05, 3.63) is 50.6 Å². The first kappa shape index (κ1) is 21.7. The van der Waals surface area contributed by atoms with Crippen LogP contribution in [0.5, 0.6) is 0 Å². The lowest BCUT2D eigenvalue weighted by Gasteiger charge is -2.13. The molecule has 2 heterocycles. The maximum absolute atomic E-state index is 12.9. The second-order valence-corrected chi connectivity index (χ2v) is 8.28. The molecular formula is C18H15ClF3N3O2S2. The molecule has 0 aliphatic heterocycles. The number of thioether (sulfide) groups is 1. The molecule has 0 bridgehead atoms. The third-order valence-corrected chi connectivity index (χ3v) is 6.08. The first-order valence-electron chi connectivity index (χ1n) is 8.48. The third-order valence-electron chi connectivity index (χ3n) is 3.88. The van der Waals surface area contributed by atoms with E-state index in [1.54, 1.807) is 11.4 Å². The van der Waals surface area contributed by atoms with Crippen LogP contribution in [0, 0.1) is 0 Å². The Kier molecular flexibility index (Phi) is 6.55. The number of carbonyl (C=O) groups excluding carboxylic acids is 1. The van der Waals surface area contributed by atoms with Gasteiger partial charge in [0.25, 0.3) is 5.56 Å². The van der Waals surface area contributed by atoms with Gasteiger partial charge in [-0.15, -0.1) is 11.3 Å². The lowest BCUT2D eigenvalue weighted by molar-refractivity contribution is -0.137. The van der Waals surface area contributed by atoms with Gasteiger partial charge in [-0.05, 0) is 36.1 Å². The number of alkyl halides is 3. The largest absolute Gasteiger partial charge is 0.416 e. The van der Waals surface area contributed by atoms with E-state index in [1.165, 1.54) is 15.9 Å². The normalized spacial score (nSPS) is 11.8. The van der Waals surface area contributed by atoms with Gasteiger partial charge in [-0.1, -0.05) is 30.3 Å². The van der Waals surface area contributed by atoms with Gasteiger partial charge in [0, 0.05) is 6.54 Å². The Bertz CT molecular complexity index is 1110. The van der Waals surface area contributed by atoms with Crippen molar-refractivity contribution >= 4 is 56.5 Å². The first-order valence-corrected chi connectivity index (χ1v) is 10.7. The summed E-state index contributed by atoms with van der Waals surface area (Å²) in [4.78, 5) is 29.3. The highest BCUT2D eigenvalue weighted by Crippen LogP contribution is 2.34. The number of hydrogen-bond acceptors (Lipinski definition) is 5. The van der Waals surface area contributed by atoms with Crippen LogP contribution < -0.4 is 10.9 Å². The predicted octanol–water partition coefficient (Wildman–Crippen LogP) is 5.27. The molecule has 11 heteroatoms. The van der Waals surface area contributed by atoms with Gasteiger partial charge in [0.05, 0.1) is 27.5 Å². The summed E-state index contributed by atoms with van der Waals surface area (Å²) in [5, 5.41) is 4.54. The number of halogens is 4. The van der Waals surface area contributed by atoms with Crippen LogP contribution in [0.3, 0.4) is 0 Å². The molecule has 0 radical (unpaired) electrons. The van der Waals surface area contributed by atoms with Crippen LogP contribution in [0.4, 0.5) is 18.9 Å². The highest BCUT2D eigenvalue weighted by Gasteiger charge is 2.31. The molecule has 0 fully saturated rings. The number of amides is 1. The van der Waals surface area contributed by atoms with E-state index in [0.29, 0.717) is 28.3 Å². The van der Waals surface area contributed by atoms with Crippen molar-refractivity contribution in [3.63, 3.8) is 0 Å². The summed E-state index contributed by atoms with van der Waals surface area (Å²) in [5.74, 6) is -0.697. The van der Waals surface area contributed by atoms with E-state index in [9.17, 15) is 22.8 Å². The Balaban J connectivity index is 1.78. The van der Waals surface area contributed by atoms with Crippen molar-refractivity contribution < 1.29 is 18.0 Å². The summed E-state index contributed by atoms with van der Waals surface area (Å²) in [5.41, 5.74) is -0.655. The van der Waals surface area contributed by atoms with Crippen LogP contribution in [0.15, 0.2) is 39.6 Å². The fraction of sp³-hybridized carbons (Fsp3) is 0.278. The number of rotatable bonds is 6. The van der Waals surface area contributed by atoms with E-state index in [-0.39, 0.29) is 22.0 Å². The minimum atomic E-state index is -4.55. The summed E-state index contributed by atoms with van der Waals surface area (Å²) in [6.45, 7) is 2.37. The zero-order chi connectivity index (χ0) is 21.2. The number of thiophene rings is 1. The van der Waals surface area contributed by atoms with Gasteiger partial charge in [-0.25, -0.2) is 4.98 Å². The summed E-state index contributed by atoms with van der Waals surface area (Å²) in [6, 6.07) is 4.44. The van der Waals surface area contributed by atoms with Crippen molar-refractivity contribution in [2.75, 3.05) is 11.1 Å². The molecule has 0 aliphatic carbocycles. The molecule has 154 valence electrons. The Morgan fingerprint density at radius 3 is 2.79 bits per heavy atom. The maximum Gasteiger partial charge on any atom is 0.416 e. The second-order valence-electron chi connectivity index (χ2n) is 6.02. The van der Waals surface area contributed by atoms with E-state index in [2.05, 4.69) is 10.3 Å². The minimum Gasteiger partial charge on any atom is -0.324 e. The minimum absolute atomic E-state index is 0.00272. The predicted molar refractivity (Wildman–Crippen MR) is 110 cm³/mol. The molecule has 0 atom stereocenters. The van der Waals surface area contributed by atoms with Crippen LogP contribution in [0.25, 0.3) is 10.2 Å². The Labute approximate surface area is 176 Å². The number of aromatic nitrogens is 2. The van der Waals surface area contributed by atoms with E-state index < -0.39 is 17.6 Å². The molecular weight excluding hydrogens is 447 g/mol. The fourth-order valence-electron chi connectivity index (χ4n) is 2.57. The summed E-state index contributed by atoms with van der Waals surface area (Å²) in [6.07, 6.45) is -3.84. The van der Waals surface area contributed by atoms with Crippen molar-refractivity contribution in [1.82, 2.24) is 9.55 Å². The van der Waals surface area contributed by atoms with Crippen molar-refractivity contribution in [3.8, 4) is 0 Å². The van der Waals surface area contributed by atoms with Gasteiger partial charge in [0.15, 0.2) is 5.16 Å². The summed E-state index contributed by atoms with van der Waals surface area (Å²) in [7, 11) is 0. The molecule has 0 saturated carbocycles. The maximum atomic E-state index is 12.9. The van der Waals surface area contributed by atoms with Gasteiger partial charge in [-0.3, -0.25) is 14.2 Å². The zero-order valence-corrected chi connectivity index (χ0v) is 17.4. The molecule has 2 aromatic heterocycles. The number of nitrogens with one attached hydrogen (secondary N) is 1. The second kappa shape index (κ2) is 8.76. The topological polar surface area (TPSA) is 64.0 Å². The van der Waals surface area contributed by atoms with Gasteiger partial charge in [0.2, 0.25) is 5.91 Å². The molecule has 5 nitrogen and oxygen atoms in total. The molecule has 3 rings (SSSR count). The molecule has 0 aliphatic rings. The lowest BCUT2D eigenvalue weighted by Crippen LogP contribution is -2.23. The Morgan fingerprint density at radius 1 is 1.34 bits per heavy atom. The average Bonchev–Trinajstić information content (AvgIpc) is 3.12. The molecule has 0 saturated heterocycles. The number of anilines is 1. The Morgan fingerprint density at radius 2 is 2.10 bits per heavy atom. The van der Waals surface area contributed by atoms with Crippen LogP contribution in [-0.2, 0) is 17.5 Å². The van der Waals surface area contributed by atoms with Crippen molar-refractivity contribution in [2.24, 2.45) is 0 Å². The van der Waals surface area contributed by atoms with E-state index >= 15 is 0 Å². The van der Waals surface area contributed by atoms with Crippen LogP contribution >= 0.6 is 34.7 Å². The molecule has 1 amide bonds. The average molecular weight is 462 g/mol. The molecule has 0 spiro atoms. The molecule has 1 N–H and O–H groups in total. The third kappa shape index (κ3) is 4.93. The lowest BCUT2D eigenvalue weighted by atomic mass is 10.2. The zero-order valence-electron chi connectivity index (χ0n) is 15.0. The standard InChI is InChI=1S/C18H15ClF3N3O2S2/c1-2-6-25-16(27)15-12(5-7-28-15)24-17(25)29-9-14(26)23-13-8-10(18(20,21)22)3-4-11(13)19/h3-5,7-8H,2,6,9H2,1H3,(H,23,26). The van der Waals surface area contributed by atoms with Crippen LogP contribution in [-0.4, -0.2) is 21.2 Å². The van der Waals surface area contributed by atoms with Gasteiger partial charge in [0.1, 0.15) is 4.70 Å². The molecule has 1 aromatic carbocycles. The quantitative estimate of drug-likeness (QED) is 0.401. The van der Waals surface area contributed by atoms with Gasteiger partial charge < -0.3 is 5.32 Å². The number of fused-ring (bicyclic) bond motifs is 1. The van der Waals surface area contributed by atoms with Gasteiger partial charge in [-0.2, -0.15) is 13.2 Å². The summed E-state index contributed by atoms with van der Waals surface area (Å²) < 4.78 is 40.6. The van der Waals surface area contributed by atoms with Crippen molar-refractivity contribution in [2.45, 2.75) is 31.2 Å². The molecule has 0 unspecified atom stereocenters. The van der Waals surface area contributed by atoms with Crippen molar-refractivity contribution in [1.29, 1.82) is 0 Å². The molecule has 3 aromatic rings. The van der Waals surface area contributed by atoms with E-state index in [1.807, 2.05) is 6.92 Å². The number of hydrogen-bond donors (Lipinski definition) is 1. The fourth-order valence-corrected chi connectivity index (χ4v) is 4.34. The Hall–Kier alpha value is -2.04. The van der Waals surface area contributed by atoms with E-state index in [4.69, 9.17) is 11.6 Å². The number of carbonyl (C=O) groups is 1. The monoisotopic (exact) mass is 461 g/mol. The number of benzene rings is 1. The SMILES string of the molecule is CCCn1c(SCC(=O)Nc2cc(C(F)(F)F)ccc2Cl)nc2ccsc2c1=O. The number of nitrogens with zero attached hydrogens (tertiary/aromatic N) is 2. The first-order chi connectivity index (χ1) is 13.7. The molecule has 29 heavy (non-hydrogen) atoms. The highest BCUT2D eigenvalue weighted by molar-refractivity contribution is 7.99. The van der Waals surface area contributed by atoms with Crippen LogP contribution in [0.1, 0.15) is 18.9 Å². The van der Waals surface area contributed by atoms with Gasteiger partial charge >= 0.3 is 6.18 Å².